The van der Waals surface area contributed by atoms with Gasteiger partial charge in [0.05, 0.1) is 11.8 Å². The minimum Gasteiger partial charge on any atom is -0.423 e. The van der Waals surface area contributed by atoms with Crippen molar-refractivity contribution in [3.05, 3.63) is 93.5 Å². The molecular formula is C23H17Cl2N3O4. The molecule has 9 heteroatoms. The van der Waals surface area contributed by atoms with E-state index in [9.17, 15) is 14.4 Å². The highest BCUT2D eigenvalue weighted by molar-refractivity contribution is 6.40. The molecule has 2 N–H and O–H groups in total. The molecule has 0 radical (unpaired) electrons. The second-order valence-corrected chi connectivity index (χ2v) is 7.51. The Kier molecular flexibility index (Phi) is 7.59. The number of anilines is 1. The van der Waals surface area contributed by atoms with Gasteiger partial charge >= 0.3 is 17.8 Å². The number of rotatable bonds is 5. The highest BCUT2D eigenvalue weighted by Gasteiger charge is 2.13. The number of nitrogens with zero attached hydrogens (tertiary/aromatic N) is 1. The number of hydrazone groups is 1. The molecule has 32 heavy (non-hydrogen) atoms. The molecule has 0 saturated heterocycles. The minimum absolute atomic E-state index is 0.280. The Morgan fingerprint density at radius 2 is 1.50 bits per heavy atom. The van der Waals surface area contributed by atoms with Crippen LogP contribution in [0.4, 0.5) is 5.69 Å². The summed E-state index contributed by atoms with van der Waals surface area (Å²) in [4.78, 5) is 35.9. The van der Waals surface area contributed by atoms with Crippen LogP contribution in [-0.4, -0.2) is 24.0 Å². The van der Waals surface area contributed by atoms with Crippen LogP contribution >= 0.6 is 23.2 Å². The van der Waals surface area contributed by atoms with Crippen LogP contribution in [0.2, 0.25) is 10.0 Å². The van der Waals surface area contributed by atoms with Gasteiger partial charge in [-0.2, -0.15) is 5.10 Å². The summed E-state index contributed by atoms with van der Waals surface area (Å²) in [6, 6.07) is 17.9. The monoisotopic (exact) mass is 469 g/mol. The van der Waals surface area contributed by atoms with Gasteiger partial charge in [0, 0.05) is 15.7 Å². The van der Waals surface area contributed by atoms with Crippen LogP contribution < -0.4 is 15.5 Å². The number of ether oxygens (including phenoxy) is 1. The van der Waals surface area contributed by atoms with E-state index in [2.05, 4.69) is 15.8 Å². The SMILES string of the molecule is Cc1ccc(C(=O)Oc2ccc(/C=N/NC(=O)C(=O)Nc3cc(Cl)cc(Cl)c3)cc2)cc1. The number of hydrogen-bond acceptors (Lipinski definition) is 5. The van der Waals surface area contributed by atoms with Crippen molar-refractivity contribution in [2.75, 3.05) is 5.32 Å². The molecule has 7 nitrogen and oxygen atoms in total. The fraction of sp³-hybridized carbons (Fsp3) is 0.0435. The quantitative estimate of drug-likeness (QED) is 0.187. The maximum atomic E-state index is 12.1. The fourth-order valence-electron chi connectivity index (χ4n) is 2.51. The van der Waals surface area contributed by atoms with Crippen molar-refractivity contribution in [3.8, 4) is 5.75 Å². The third-order valence-corrected chi connectivity index (χ3v) is 4.52. The van der Waals surface area contributed by atoms with Crippen LogP contribution in [0, 0.1) is 6.92 Å². The van der Waals surface area contributed by atoms with Crippen molar-refractivity contribution in [3.63, 3.8) is 0 Å². The maximum Gasteiger partial charge on any atom is 0.343 e. The Morgan fingerprint density at radius 1 is 0.875 bits per heavy atom. The average molecular weight is 470 g/mol. The largest absolute Gasteiger partial charge is 0.423 e. The molecule has 0 bridgehead atoms. The van der Waals surface area contributed by atoms with Gasteiger partial charge in [0.1, 0.15) is 5.75 Å². The molecule has 2 amide bonds. The van der Waals surface area contributed by atoms with Crippen molar-refractivity contribution in [1.82, 2.24) is 5.43 Å². The van der Waals surface area contributed by atoms with Crippen molar-refractivity contribution in [2.24, 2.45) is 5.10 Å². The van der Waals surface area contributed by atoms with Crippen molar-refractivity contribution in [1.29, 1.82) is 0 Å². The summed E-state index contributed by atoms with van der Waals surface area (Å²) in [6.45, 7) is 1.93. The van der Waals surface area contributed by atoms with Crippen LogP contribution in [0.3, 0.4) is 0 Å². The van der Waals surface area contributed by atoms with Gasteiger partial charge in [-0.25, -0.2) is 10.2 Å². The highest BCUT2D eigenvalue weighted by Crippen LogP contribution is 2.22. The Labute approximate surface area is 194 Å². The Hall–Kier alpha value is -3.68. The zero-order chi connectivity index (χ0) is 23.1. The summed E-state index contributed by atoms with van der Waals surface area (Å²) in [5, 5.41) is 6.75. The molecule has 0 atom stereocenters. The van der Waals surface area contributed by atoms with Gasteiger partial charge < -0.3 is 10.1 Å². The fourth-order valence-corrected chi connectivity index (χ4v) is 3.03. The van der Waals surface area contributed by atoms with Crippen LogP contribution in [-0.2, 0) is 9.59 Å². The standard InChI is InChI=1S/C23H17Cl2N3O4/c1-14-2-6-16(7-3-14)23(31)32-20-8-4-15(5-9-20)13-26-28-22(30)21(29)27-19-11-17(24)10-18(25)12-19/h2-13H,1H3,(H,27,29)(H,28,30)/b26-13+. The van der Waals surface area contributed by atoms with E-state index in [0.717, 1.165) is 5.56 Å². The lowest BCUT2D eigenvalue weighted by molar-refractivity contribution is -0.136. The van der Waals surface area contributed by atoms with Gasteiger partial charge in [-0.15, -0.1) is 0 Å². The molecule has 0 fully saturated rings. The average Bonchev–Trinajstić information content (AvgIpc) is 2.74. The molecule has 0 aliphatic heterocycles. The lowest BCUT2D eigenvalue weighted by Crippen LogP contribution is -2.32. The Balaban J connectivity index is 1.51. The number of carbonyl (C=O) groups is 3. The van der Waals surface area contributed by atoms with Crippen molar-refractivity contribution in [2.45, 2.75) is 6.92 Å². The van der Waals surface area contributed by atoms with Gasteiger partial charge in [0.2, 0.25) is 0 Å². The molecule has 0 heterocycles. The van der Waals surface area contributed by atoms with Gasteiger partial charge in [0.25, 0.3) is 0 Å². The lowest BCUT2D eigenvalue weighted by Gasteiger charge is -2.05. The van der Waals surface area contributed by atoms with Crippen molar-refractivity contribution >= 4 is 52.9 Å². The van der Waals surface area contributed by atoms with Crippen molar-refractivity contribution < 1.29 is 19.1 Å². The zero-order valence-electron chi connectivity index (χ0n) is 16.8. The van der Waals surface area contributed by atoms with E-state index in [1.165, 1.54) is 24.4 Å². The third kappa shape index (κ3) is 6.66. The maximum absolute atomic E-state index is 12.1. The molecule has 0 unspecified atom stereocenters. The van der Waals surface area contributed by atoms with Crippen LogP contribution in [0.15, 0.2) is 71.8 Å². The van der Waals surface area contributed by atoms with Crippen LogP contribution in [0.25, 0.3) is 0 Å². The predicted octanol–water partition coefficient (Wildman–Crippen LogP) is 4.61. The second-order valence-electron chi connectivity index (χ2n) is 6.64. The molecule has 3 aromatic carbocycles. The Morgan fingerprint density at radius 3 is 2.12 bits per heavy atom. The van der Waals surface area contributed by atoms with E-state index >= 15 is 0 Å². The molecule has 0 aliphatic rings. The van der Waals surface area contributed by atoms with Gasteiger partial charge in [-0.05, 0) is 67.1 Å². The molecule has 3 aromatic rings. The summed E-state index contributed by atoms with van der Waals surface area (Å²) in [5.41, 5.74) is 4.51. The summed E-state index contributed by atoms with van der Waals surface area (Å²) in [7, 11) is 0. The molecule has 0 saturated carbocycles. The number of nitrogens with one attached hydrogen (secondary N) is 2. The number of carbonyl (C=O) groups excluding carboxylic acids is 3. The summed E-state index contributed by atoms with van der Waals surface area (Å²) < 4.78 is 5.32. The van der Waals surface area contributed by atoms with E-state index in [0.29, 0.717) is 26.9 Å². The summed E-state index contributed by atoms with van der Waals surface area (Å²) >= 11 is 11.7. The first kappa shape index (κ1) is 23.0. The second kappa shape index (κ2) is 10.6. The topological polar surface area (TPSA) is 96.9 Å². The molecule has 3 rings (SSSR count). The lowest BCUT2D eigenvalue weighted by atomic mass is 10.1. The van der Waals surface area contributed by atoms with Gasteiger partial charge in [-0.3, -0.25) is 9.59 Å². The third-order valence-electron chi connectivity index (χ3n) is 4.08. The number of esters is 1. The molecular weight excluding hydrogens is 453 g/mol. The smallest absolute Gasteiger partial charge is 0.343 e. The normalized spacial score (nSPS) is 10.6. The molecule has 0 spiro atoms. The molecule has 0 aromatic heterocycles. The number of amides is 2. The minimum atomic E-state index is -0.971. The highest BCUT2D eigenvalue weighted by atomic mass is 35.5. The van der Waals surface area contributed by atoms with E-state index in [1.807, 2.05) is 19.1 Å². The van der Waals surface area contributed by atoms with Gasteiger partial charge in [-0.1, -0.05) is 40.9 Å². The van der Waals surface area contributed by atoms with E-state index in [-0.39, 0.29) is 5.69 Å². The first-order chi connectivity index (χ1) is 15.3. The predicted molar refractivity (Wildman–Crippen MR) is 123 cm³/mol. The first-order valence-corrected chi connectivity index (χ1v) is 10.0. The number of aryl methyl sites for hydroxylation is 1. The van der Waals surface area contributed by atoms with E-state index in [4.69, 9.17) is 27.9 Å². The van der Waals surface area contributed by atoms with E-state index < -0.39 is 17.8 Å². The number of benzene rings is 3. The van der Waals surface area contributed by atoms with E-state index in [1.54, 1.807) is 36.4 Å². The molecule has 0 aliphatic carbocycles. The first-order valence-electron chi connectivity index (χ1n) is 9.29. The Bertz CT molecular complexity index is 1160. The summed E-state index contributed by atoms with van der Waals surface area (Å²) in [5.74, 6) is -2.01. The molecule has 162 valence electrons. The number of halogens is 2. The van der Waals surface area contributed by atoms with Crippen LogP contribution in [0.1, 0.15) is 21.5 Å². The van der Waals surface area contributed by atoms with Crippen LogP contribution in [0.5, 0.6) is 5.75 Å². The number of hydrogen-bond donors (Lipinski definition) is 2. The zero-order valence-corrected chi connectivity index (χ0v) is 18.3. The summed E-state index contributed by atoms with van der Waals surface area (Å²) in [6.07, 6.45) is 1.34. The van der Waals surface area contributed by atoms with Gasteiger partial charge in [0.15, 0.2) is 0 Å².